The third-order valence-corrected chi connectivity index (χ3v) is 5.60. The fourth-order valence-electron chi connectivity index (χ4n) is 4.29. The van der Waals surface area contributed by atoms with E-state index in [0.29, 0.717) is 12.5 Å². The van der Waals surface area contributed by atoms with Crippen LogP contribution in [-0.4, -0.2) is 48.8 Å². The molecule has 4 rings (SSSR count). The molecule has 1 saturated carbocycles. The summed E-state index contributed by atoms with van der Waals surface area (Å²) in [6.45, 7) is 5.45. The second kappa shape index (κ2) is 5.89. The normalized spacial score (nSPS) is 44.2. The molecule has 4 aliphatic rings. The molecule has 18 heavy (non-hydrogen) atoms. The molecule has 3 nitrogen and oxygen atoms in total. The van der Waals surface area contributed by atoms with Gasteiger partial charge in [0.25, 0.3) is 0 Å². The van der Waals surface area contributed by atoms with Gasteiger partial charge in [0, 0.05) is 19.2 Å². The average molecular weight is 252 g/mol. The van der Waals surface area contributed by atoms with Crippen molar-refractivity contribution >= 4 is 0 Å². The third kappa shape index (κ3) is 2.73. The first-order valence-corrected chi connectivity index (χ1v) is 7.93. The van der Waals surface area contributed by atoms with Crippen LogP contribution in [0.2, 0.25) is 0 Å². The summed E-state index contributed by atoms with van der Waals surface area (Å²) >= 11 is 0. The Hall–Kier alpha value is -0.120. The van der Waals surface area contributed by atoms with E-state index in [9.17, 15) is 5.11 Å². The minimum Gasteiger partial charge on any atom is -0.396 e. The zero-order chi connectivity index (χ0) is 12.4. The largest absolute Gasteiger partial charge is 0.396 e. The van der Waals surface area contributed by atoms with Crippen molar-refractivity contribution in [2.45, 2.75) is 44.6 Å². The van der Waals surface area contributed by atoms with E-state index >= 15 is 0 Å². The van der Waals surface area contributed by atoms with Gasteiger partial charge in [0.1, 0.15) is 0 Å². The van der Waals surface area contributed by atoms with Crippen LogP contribution >= 0.6 is 0 Å². The number of nitrogens with zero attached hydrogens (tertiary/aromatic N) is 1. The van der Waals surface area contributed by atoms with Crippen LogP contribution in [0.3, 0.4) is 0 Å². The highest BCUT2D eigenvalue weighted by Crippen LogP contribution is 2.31. The van der Waals surface area contributed by atoms with Crippen LogP contribution in [0.25, 0.3) is 0 Å². The number of aliphatic hydroxyl groups is 1. The molecule has 1 aliphatic carbocycles. The Labute approximate surface area is 111 Å². The van der Waals surface area contributed by atoms with Gasteiger partial charge in [0.2, 0.25) is 0 Å². The van der Waals surface area contributed by atoms with Crippen LogP contribution in [-0.2, 0) is 0 Å². The molecule has 0 aromatic carbocycles. The lowest BCUT2D eigenvalue weighted by Crippen LogP contribution is -2.57. The quantitative estimate of drug-likeness (QED) is 0.795. The summed E-state index contributed by atoms with van der Waals surface area (Å²) in [6.07, 6.45) is 8.03. The fourth-order valence-corrected chi connectivity index (χ4v) is 4.29. The lowest BCUT2D eigenvalue weighted by molar-refractivity contribution is 0.0633. The van der Waals surface area contributed by atoms with Crippen LogP contribution in [0.5, 0.6) is 0 Å². The molecular formula is C15H28N2O. The minimum absolute atomic E-state index is 0.395. The van der Waals surface area contributed by atoms with Crippen LogP contribution in [0.15, 0.2) is 0 Å². The molecule has 3 unspecified atom stereocenters. The van der Waals surface area contributed by atoms with Gasteiger partial charge in [-0.05, 0) is 63.1 Å². The maximum Gasteiger partial charge on any atom is 0.0462 e. The number of fused-ring (bicyclic) bond motifs is 3. The highest BCUT2D eigenvalue weighted by molar-refractivity contribution is 4.91. The van der Waals surface area contributed by atoms with Crippen molar-refractivity contribution < 1.29 is 5.11 Å². The number of aliphatic hydroxyl groups excluding tert-OH is 1. The van der Waals surface area contributed by atoms with Gasteiger partial charge in [-0.3, -0.25) is 0 Å². The van der Waals surface area contributed by atoms with E-state index in [1.807, 2.05) is 0 Å². The number of hydrogen-bond donors (Lipinski definition) is 2. The second-order valence-corrected chi connectivity index (χ2v) is 6.64. The summed E-state index contributed by atoms with van der Waals surface area (Å²) in [4.78, 5) is 2.61. The third-order valence-electron chi connectivity index (χ3n) is 5.60. The Bertz CT molecular complexity index is 256. The lowest BCUT2D eigenvalue weighted by atomic mass is 9.78. The van der Waals surface area contributed by atoms with Gasteiger partial charge in [0.15, 0.2) is 0 Å². The highest BCUT2D eigenvalue weighted by Gasteiger charge is 2.34. The first-order chi connectivity index (χ1) is 8.86. The van der Waals surface area contributed by atoms with Gasteiger partial charge >= 0.3 is 0 Å². The number of hydrogen-bond acceptors (Lipinski definition) is 3. The monoisotopic (exact) mass is 252 g/mol. The van der Waals surface area contributed by atoms with Crippen molar-refractivity contribution in [3.05, 3.63) is 0 Å². The molecule has 104 valence electrons. The summed E-state index contributed by atoms with van der Waals surface area (Å²) in [5, 5.41) is 13.3. The number of rotatable bonds is 4. The molecular weight excluding hydrogens is 224 g/mol. The Balaban J connectivity index is 1.48. The number of piperidine rings is 3. The molecule has 0 radical (unpaired) electrons. The van der Waals surface area contributed by atoms with E-state index in [0.717, 1.165) is 24.4 Å². The van der Waals surface area contributed by atoms with E-state index in [1.54, 1.807) is 0 Å². The molecule has 4 fully saturated rings. The lowest BCUT2D eigenvalue weighted by Gasteiger charge is -2.46. The Morgan fingerprint density at radius 1 is 1.00 bits per heavy atom. The summed E-state index contributed by atoms with van der Waals surface area (Å²) < 4.78 is 0. The Kier molecular flexibility index (Phi) is 4.22. The smallest absolute Gasteiger partial charge is 0.0462 e. The zero-order valence-electron chi connectivity index (χ0n) is 11.5. The summed E-state index contributed by atoms with van der Waals surface area (Å²) in [7, 11) is 0. The highest BCUT2D eigenvalue weighted by atomic mass is 16.3. The molecule has 3 saturated heterocycles. The van der Waals surface area contributed by atoms with Crippen LogP contribution in [0, 0.1) is 17.8 Å². The second-order valence-electron chi connectivity index (χ2n) is 6.64. The van der Waals surface area contributed by atoms with E-state index < -0.39 is 0 Å². The van der Waals surface area contributed by atoms with Gasteiger partial charge in [-0.2, -0.15) is 0 Å². The van der Waals surface area contributed by atoms with Gasteiger partial charge in [-0.15, -0.1) is 0 Å². The Morgan fingerprint density at radius 3 is 2.33 bits per heavy atom. The molecule has 0 spiro atoms. The Morgan fingerprint density at radius 2 is 1.72 bits per heavy atom. The van der Waals surface area contributed by atoms with E-state index in [2.05, 4.69) is 10.2 Å². The van der Waals surface area contributed by atoms with Crippen molar-refractivity contribution in [2.24, 2.45) is 17.8 Å². The molecule has 2 N–H and O–H groups in total. The molecule has 3 aliphatic heterocycles. The van der Waals surface area contributed by atoms with Crippen molar-refractivity contribution in [1.82, 2.24) is 10.2 Å². The summed E-state index contributed by atoms with van der Waals surface area (Å²) in [5.41, 5.74) is 0. The number of nitrogens with one attached hydrogen (secondary N) is 1. The van der Waals surface area contributed by atoms with Crippen LogP contribution < -0.4 is 5.32 Å². The van der Waals surface area contributed by atoms with Gasteiger partial charge in [-0.25, -0.2) is 0 Å². The van der Waals surface area contributed by atoms with E-state index in [4.69, 9.17) is 0 Å². The minimum atomic E-state index is 0.395. The molecule has 0 aromatic heterocycles. The van der Waals surface area contributed by atoms with Crippen LogP contribution in [0.4, 0.5) is 0 Å². The molecule has 3 heterocycles. The van der Waals surface area contributed by atoms with Gasteiger partial charge < -0.3 is 15.3 Å². The maximum atomic E-state index is 9.47. The van der Waals surface area contributed by atoms with Gasteiger partial charge in [0.05, 0.1) is 0 Å². The van der Waals surface area contributed by atoms with Crippen molar-refractivity contribution in [2.75, 3.05) is 32.8 Å². The van der Waals surface area contributed by atoms with Crippen LogP contribution in [0.1, 0.15) is 38.5 Å². The molecule has 0 amide bonds. The first-order valence-electron chi connectivity index (χ1n) is 7.93. The van der Waals surface area contributed by atoms with E-state index in [-0.39, 0.29) is 0 Å². The van der Waals surface area contributed by atoms with Gasteiger partial charge in [-0.1, -0.05) is 12.8 Å². The predicted molar refractivity (Wildman–Crippen MR) is 73.5 cm³/mol. The molecule has 3 atom stereocenters. The average Bonchev–Trinajstić information content (AvgIpc) is 2.46. The zero-order valence-corrected chi connectivity index (χ0v) is 11.5. The molecule has 3 heteroatoms. The standard InChI is InChI=1S/C15H28N2O/c18-11-14-4-2-1-3-13(14)9-16-15-10-17-7-5-12(15)6-8-17/h12-16,18H,1-11H2. The van der Waals surface area contributed by atoms with Crippen molar-refractivity contribution in [3.63, 3.8) is 0 Å². The van der Waals surface area contributed by atoms with E-state index in [1.165, 1.54) is 58.2 Å². The van der Waals surface area contributed by atoms with Crippen molar-refractivity contribution in [3.8, 4) is 0 Å². The maximum absolute atomic E-state index is 9.47. The summed E-state index contributed by atoms with van der Waals surface area (Å²) in [6, 6.07) is 0.730. The first kappa shape index (κ1) is 12.9. The summed E-state index contributed by atoms with van der Waals surface area (Å²) in [5.74, 6) is 2.21. The molecule has 0 aromatic rings. The molecule has 2 bridgehead atoms. The fraction of sp³-hybridized carbons (Fsp3) is 1.00. The SMILES string of the molecule is OCC1CCCCC1CNC1CN2CCC1CC2. The topological polar surface area (TPSA) is 35.5 Å². The predicted octanol–water partition coefficient (Wildman–Crippen LogP) is 1.47. The van der Waals surface area contributed by atoms with Crippen molar-refractivity contribution in [1.29, 1.82) is 0 Å².